The van der Waals surface area contributed by atoms with E-state index in [1.54, 1.807) is 4.52 Å². The predicted octanol–water partition coefficient (Wildman–Crippen LogP) is 4.65. The monoisotopic (exact) mass is 406 g/mol. The molecule has 148 valence electrons. The summed E-state index contributed by atoms with van der Waals surface area (Å²) in [5.41, 5.74) is 5.52. The summed E-state index contributed by atoms with van der Waals surface area (Å²) < 4.78 is 7.43. The Morgan fingerprint density at radius 2 is 2.03 bits per heavy atom. The molecule has 0 atom stereocenters. The number of aromatic nitrogens is 3. The zero-order valence-electron chi connectivity index (χ0n) is 16.6. The standard InChI is InChI=1S/C22H22N4O2S/c1-4-16-7-5-6-8-19(16)28-12-20(27)23-21-24-22-26(25-21)18(13-29-22)17-10-9-14(2)11-15(17)3/h5-11,13H,4,12H2,1-3H3,(H,23,25,27). The molecule has 0 aliphatic rings. The van der Waals surface area contributed by atoms with Crippen LogP contribution >= 0.6 is 11.3 Å². The quantitative estimate of drug-likeness (QED) is 0.506. The number of hydrogen-bond acceptors (Lipinski definition) is 5. The Bertz CT molecular complexity index is 1180. The predicted molar refractivity (Wildman–Crippen MR) is 116 cm³/mol. The van der Waals surface area contributed by atoms with Gasteiger partial charge in [0.1, 0.15) is 5.75 Å². The van der Waals surface area contributed by atoms with Gasteiger partial charge < -0.3 is 4.74 Å². The number of rotatable bonds is 6. The summed E-state index contributed by atoms with van der Waals surface area (Å²) in [4.78, 5) is 17.5. The third kappa shape index (κ3) is 4.00. The first kappa shape index (κ1) is 19.1. The van der Waals surface area contributed by atoms with E-state index in [1.165, 1.54) is 22.5 Å². The number of carbonyl (C=O) groups excluding carboxylic acids is 1. The van der Waals surface area contributed by atoms with Crippen LogP contribution in [0.5, 0.6) is 5.75 Å². The van der Waals surface area contributed by atoms with Gasteiger partial charge in [-0.3, -0.25) is 10.1 Å². The lowest BCUT2D eigenvalue weighted by atomic mass is 10.0. The zero-order valence-corrected chi connectivity index (χ0v) is 17.4. The molecule has 1 amide bonds. The smallest absolute Gasteiger partial charge is 0.264 e. The summed E-state index contributed by atoms with van der Waals surface area (Å²) in [6.07, 6.45) is 0.845. The summed E-state index contributed by atoms with van der Waals surface area (Å²) in [7, 11) is 0. The number of para-hydroxylation sites is 1. The number of thiazole rings is 1. The molecule has 29 heavy (non-hydrogen) atoms. The molecular weight excluding hydrogens is 384 g/mol. The lowest BCUT2D eigenvalue weighted by Gasteiger charge is -2.09. The molecule has 4 aromatic rings. The molecule has 6 nitrogen and oxygen atoms in total. The molecule has 7 heteroatoms. The molecule has 4 rings (SSSR count). The molecule has 2 heterocycles. The van der Waals surface area contributed by atoms with Gasteiger partial charge in [-0.1, -0.05) is 48.9 Å². The Balaban J connectivity index is 1.49. The highest BCUT2D eigenvalue weighted by atomic mass is 32.1. The van der Waals surface area contributed by atoms with E-state index in [0.717, 1.165) is 34.0 Å². The highest BCUT2D eigenvalue weighted by Crippen LogP contribution is 2.29. The second-order valence-electron chi connectivity index (χ2n) is 6.87. The molecule has 0 unspecified atom stereocenters. The molecule has 0 spiro atoms. The van der Waals surface area contributed by atoms with Crippen LogP contribution < -0.4 is 10.1 Å². The van der Waals surface area contributed by atoms with Gasteiger partial charge in [-0.15, -0.1) is 16.4 Å². The molecule has 0 radical (unpaired) electrons. The van der Waals surface area contributed by atoms with Crippen molar-refractivity contribution in [1.82, 2.24) is 14.6 Å². The minimum absolute atomic E-state index is 0.0895. The number of anilines is 1. The molecule has 2 aromatic carbocycles. The summed E-state index contributed by atoms with van der Waals surface area (Å²) in [6, 6.07) is 14.0. The minimum Gasteiger partial charge on any atom is -0.483 e. The normalized spacial score (nSPS) is 11.0. The van der Waals surface area contributed by atoms with E-state index in [9.17, 15) is 4.79 Å². The van der Waals surface area contributed by atoms with Gasteiger partial charge in [0.15, 0.2) is 6.61 Å². The lowest BCUT2D eigenvalue weighted by Crippen LogP contribution is -2.21. The minimum atomic E-state index is -0.290. The SMILES string of the molecule is CCc1ccccc1OCC(=O)Nc1nc2scc(-c3ccc(C)cc3C)n2n1. The fourth-order valence-corrected chi connectivity index (χ4v) is 4.08. The van der Waals surface area contributed by atoms with Gasteiger partial charge in [-0.05, 0) is 37.5 Å². The Morgan fingerprint density at radius 1 is 1.21 bits per heavy atom. The first-order valence-corrected chi connectivity index (χ1v) is 10.4. The van der Waals surface area contributed by atoms with Crippen molar-refractivity contribution in [3.8, 4) is 17.0 Å². The van der Waals surface area contributed by atoms with Crippen LogP contribution in [-0.2, 0) is 11.2 Å². The highest BCUT2D eigenvalue weighted by molar-refractivity contribution is 7.15. The second-order valence-corrected chi connectivity index (χ2v) is 7.70. The molecule has 0 aliphatic carbocycles. The number of carbonyl (C=O) groups is 1. The maximum atomic E-state index is 12.3. The van der Waals surface area contributed by atoms with Gasteiger partial charge in [-0.25, -0.2) is 4.52 Å². The zero-order chi connectivity index (χ0) is 20.4. The van der Waals surface area contributed by atoms with Crippen LogP contribution in [0.15, 0.2) is 47.8 Å². The molecule has 0 fully saturated rings. The van der Waals surface area contributed by atoms with Gasteiger partial charge in [0, 0.05) is 10.9 Å². The molecule has 2 aromatic heterocycles. The Kier molecular flexibility index (Phi) is 5.31. The summed E-state index contributed by atoms with van der Waals surface area (Å²) in [6.45, 7) is 6.12. The molecule has 0 saturated carbocycles. The van der Waals surface area contributed by atoms with Crippen molar-refractivity contribution in [3.63, 3.8) is 0 Å². The maximum absolute atomic E-state index is 12.3. The summed E-state index contributed by atoms with van der Waals surface area (Å²) in [5.74, 6) is 0.712. The molecule has 0 saturated heterocycles. The fourth-order valence-electron chi connectivity index (χ4n) is 3.26. The number of amides is 1. The van der Waals surface area contributed by atoms with E-state index in [4.69, 9.17) is 4.74 Å². The van der Waals surface area contributed by atoms with E-state index >= 15 is 0 Å². The van der Waals surface area contributed by atoms with Gasteiger partial charge >= 0.3 is 0 Å². The van der Waals surface area contributed by atoms with Crippen molar-refractivity contribution in [3.05, 3.63) is 64.5 Å². The third-order valence-corrected chi connectivity index (χ3v) is 5.52. The van der Waals surface area contributed by atoms with E-state index in [-0.39, 0.29) is 18.5 Å². The van der Waals surface area contributed by atoms with Crippen molar-refractivity contribution in [2.75, 3.05) is 11.9 Å². The van der Waals surface area contributed by atoms with Crippen LogP contribution in [0, 0.1) is 13.8 Å². The topological polar surface area (TPSA) is 68.5 Å². The van der Waals surface area contributed by atoms with Gasteiger partial charge in [-0.2, -0.15) is 4.98 Å². The lowest BCUT2D eigenvalue weighted by molar-refractivity contribution is -0.118. The van der Waals surface area contributed by atoms with E-state index in [1.807, 2.05) is 29.6 Å². The van der Waals surface area contributed by atoms with Crippen molar-refractivity contribution >= 4 is 28.2 Å². The number of fused-ring (bicyclic) bond motifs is 1. The summed E-state index contributed by atoms with van der Waals surface area (Å²) >= 11 is 1.49. The van der Waals surface area contributed by atoms with Crippen molar-refractivity contribution in [2.24, 2.45) is 0 Å². The largest absolute Gasteiger partial charge is 0.483 e. The van der Waals surface area contributed by atoms with Gasteiger partial charge in [0.25, 0.3) is 11.9 Å². The van der Waals surface area contributed by atoms with Crippen molar-refractivity contribution in [1.29, 1.82) is 0 Å². The first-order chi connectivity index (χ1) is 14.0. The average molecular weight is 407 g/mol. The molecule has 1 N–H and O–H groups in total. The van der Waals surface area contributed by atoms with Gasteiger partial charge in [0.05, 0.1) is 5.69 Å². The summed E-state index contributed by atoms with van der Waals surface area (Å²) in [5, 5.41) is 9.23. The number of nitrogens with zero attached hydrogens (tertiary/aromatic N) is 3. The highest BCUT2D eigenvalue weighted by Gasteiger charge is 2.15. The van der Waals surface area contributed by atoms with E-state index < -0.39 is 0 Å². The van der Waals surface area contributed by atoms with Crippen LogP contribution in [0.3, 0.4) is 0 Å². The third-order valence-electron chi connectivity index (χ3n) is 4.70. The maximum Gasteiger partial charge on any atom is 0.264 e. The van der Waals surface area contributed by atoms with Crippen molar-refractivity contribution in [2.45, 2.75) is 27.2 Å². The van der Waals surface area contributed by atoms with Crippen LogP contribution in [0.25, 0.3) is 16.2 Å². The van der Waals surface area contributed by atoms with E-state index in [2.05, 4.69) is 54.4 Å². The first-order valence-electron chi connectivity index (χ1n) is 9.47. The van der Waals surface area contributed by atoms with Crippen molar-refractivity contribution < 1.29 is 9.53 Å². The number of benzene rings is 2. The van der Waals surface area contributed by atoms with Crippen LogP contribution in [0.1, 0.15) is 23.6 Å². The van der Waals surface area contributed by atoms with Crippen LogP contribution in [0.4, 0.5) is 5.95 Å². The molecule has 0 aliphatic heterocycles. The number of hydrogen-bond donors (Lipinski definition) is 1. The number of aryl methyl sites for hydroxylation is 3. The van der Waals surface area contributed by atoms with Gasteiger partial charge in [0.2, 0.25) is 4.96 Å². The Labute approximate surface area is 173 Å². The van der Waals surface area contributed by atoms with E-state index in [0.29, 0.717) is 0 Å². The molecule has 0 bridgehead atoms. The fraction of sp³-hybridized carbons (Fsp3) is 0.227. The van der Waals surface area contributed by atoms with Crippen LogP contribution in [-0.4, -0.2) is 27.1 Å². The molecular formula is C22H22N4O2S. The number of nitrogens with one attached hydrogen (secondary N) is 1. The second kappa shape index (κ2) is 8.05. The Morgan fingerprint density at radius 3 is 2.83 bits per heavy atom. The Hall–Kier alpha value is -3.19. The van der Waals surface area contributed by atoms with Crippen LogP contribution in [0.2, 0.25) is 0 Å². The number of ether oxygens (including phenoxy) is 1. The average Bonchev–Trinajstić information content (AvgIpc) is 3.27.